The molecule has 7 aromatic carbocycles. The molecule has 222 valence electrons. The summed E-state index contributed by atoms with van der Waals surface area (Å²) < 4.78 is 4.86. The zero-order chi connectivity index (χ0) is 31.8. The van der Waals surface area contributed by atoms with E-state index in [2.05, 4.69) is 47.4 Å². The third-order valence-electron chi connectivity index (χ3n) is 9.00. The van der Waals surface area contributed by atoms with E-state index in [1.54, 1.807) is 12.1 Å². The van der Waals surface area contributed by atoms with Crippen LogP contribution in [0.3, 0.4) is 0 Å². The minimum Gasteiger partial charge on any atom is -0.386 e. The Labute approximate surface area is 267 Å². The van der Waals surface area contributed by atoms with Gasteiger partial charge in [-0.15, -0.1) is 0 Å². The van der Waals surface area contributed by atoms with Crippen LogP contribution in [0, 0.1) is 0 Å². The number of para-hydroxylation sites is 1. The van der Waals surface area contributed by atoms with Gasteiger partial charge in [0.25, 0.3) is 11.8 Å². The van der Waals surface area contributed by atoms with E-state index in [1.807, 2.05) is 54.6 Å². The molecule has 0 fully saturated rings. The Hall–Kier alpha value is -6.60. The number of ether oxygens (including phenoxy) is 1. The number of carbonyl (C=O) groups excluding carboxylic acids is 4. The standard InChI is InChI=1S/C40H22N2O5/c43-37-30-18-20-32-35-33(40(46)47-39(32)45)21-19-31(34(30)35)38(44)42(37)27-16-14-26(15-17-27)41(25-10-2-1-3-11-25)36-28-12-6-4-8-23(28)22-24-9-5-7-13-29(24)36/h1-22H. The van der Waals surface area contributed by atoms with Crippen LogP contribution in [0.4, 0.5) is 22.7 Å². The molecule has 0 radical (unpaired) electrons. The zero-order valence-corrected chi connectivity index (χ0v) is 24.6. The van der Waals surface area contributed by atoms with Crippen LogP contribution in [0.1, 0.15) is 41.4 Å². The maximum Gasteiger partial charge on any atom is 0.346 e. The van der Waals surface area contributed by atoms with Crippen LogP contribution >= 0.6 is 0 Å². The average Bonchev–Trinajstić information content (AvgIpc) is 3.10. The molecule has 0 atom stereocenters. The normalized spacial score (nSPS) is 13.8. The second kappa shape index (κ2) is 9.95. The Morgan fingerprint density at radius 1 is 0.468 bits per heavy atom. The number of imide groups is 1. The van der Waals surface area contributed by atoms with E-state index in [9.17, 15) is 19.2 Å². The van der Waals surface area contributed by atoms with Crippen molar-refractivity contribution in [2.24, 2.45) is 0 Å². The van der Waals surface area contributed by atoms with Crippen molar-refractivity contribution >= 4 is 78.8 Å². The lowest BCUT2D eigenvalue weighted by Crippen LogP contribution is -2.41. The lowest BCUT2D eigenvalue weighted by molar-refractivity contribution is 0.0390. The molecule has 7 heteroatoms. The topological polar surface area (TPSA) is 84.0 Å². The first-order chi connectivity index (χ1) is 23.0. The van der Waals surface area contributed by atoms with Gasteiger partial charge in [0.1, 0.15) is 0 Å². The zero-order valence-electron chi connectivity index (χ0n) is 24.6. The molecule has 7 nitrogen and oxygen atoms in total. The third kappa shape index (κ3) is 3.87. The molecule has 47 heavy (non-hydrogen) atoms. The van der Waals surface area contributed by atoms with Crippen molar-refractivity contribution < 1.29 is 23.9 Å². The molecule has 2 aliphatic heterocycles. The monoisotopic (exact) mass is 610 g/mol. The van der Waals surface area contributed by atoms with Gasteiger partial charge in [-0.2, -0.15) is 0 Å². The number of rotatable bonds is 4. The van der Waals surface area contributed by atoms with Gasteiger partial charge >= 0.3 is 11.9 Å². The van der Waals surface area contributed by atoms with Crippen molar-refractivity contribution in [3.05, 3.63) is 156 Å². The fourth-order valence-electron chi connectivity index (χ4n) is 6.92. The van der Waals surface area contributed by atoms with E-state index < -0.39 is 23.8 Å². The summed E-state index contributed by atoms with van der Waals surface area (Å²) in [5.41, 5.74) is 3.99. The summed E-state index contributed by atoms with van der Waals surface area (Å²) in [4.78, 5) is 56.2. The molecule has 9 rings (SSSR count). The lowest BCUT2D eigenvalue weighted by atomic mass is 9.87. The van der Waals surface area contributed by atoms with E-state index in [0.717, 1.165) is 43.5 Å². The van der Waals surface area contributed by atoms with Crippen molar-refractivity contribution in [2.45, 2.75) is 0 Å². The van der Waals surface area contributed by atoms with Gasteiger partial charge < -0.3 is 9.64 Å². The van der Waals surface area contributed by atoms with E-state index in [4.69, 9.17) is 4.74 Å². The van der Waals surface area contributed by atoms with Crippen LogP contribution in [-0.2, 0) is 4.74 Å². The summed E-state index contributed by atoms with van der Waals surface area (Å²) in [6.07, 6.45) is 0. The molecule has 0 saturated carbocycles. The molecular weight excluding hydrogens is 588 g/mol. The second-order valence-electron chi connectivity index (χ2n) is 11.5. The molecule has 0 spiro atoms. The quantitative estimate of drug-likeness (QED) is 0.0858. The molecule has 2 amide bonds. The first-order valence-corrected chi connectivity index (χ1v) is 15.1. The van der Waals surface area contributed by atoms with E-state index >= 15 is 0 Å². The van der Waals surface area contributed by atoms with Crippen molar-refractivity contribution in [3.63, 3.8) is 0 Å². The first-order valence-electron chi connectivity index (χ1n) is 15.1. The number of carbonyl (C=O) groups is 4. The highest BCUT2D eigenvalue weighted by Crippen LogP contribution is 2.44. The Morgan fingerprint density at radius 3 is 1.51 bits per heavy atom. The number of cyclic esters (lactones) is 2. The van der Waals surface area contributed by atoms with Gasteiger partial charge in [0.05, 0.1) is 22.5 Å². The molecule has 0 bridgehead atoms. The SMILES string of the molecule is O=C1OC(=O)c2ccc3c4c(ccc1c24)C(=O)N(c1ccc(N(c2ccccc2)c2c4ccccc4cc4ccccc24)cc1)C3=O. The molecule has 2 aliphatic rings. The number of hydrogen-bond acceptors (Lipinski definition) is 6. The first kappa shape index (κ1) is 26.8. The molecule has 0 N–H and O–H groups in total. The van der Waals surface area contributed by atoms with Gasteiger partial charge in [0.15, 0.2) is 0 Å². The van der Waals surface area contributed by atoms with Gasteiger partial charge in [-0.3, -0.25) is 9.59 Å². The minimum absolute atomic E-state index is 0.153. The van der Waals surface area contributed by atoms with Crippen LogP contribution in [0.15, 0.2) is 133 Å². The van der Waals surface area contributed by atoms with Crippen LogP contribution in [0.25, 0.3) is 32.3 Å². The van der Waals surface area contributed by atoms with Crippen LogP contribution in [-0.4, -0.2) is 23.8 Å². The molecule has 0 saturated heterocycles. The van der Waals surface area contributed by atoms with Crippen molar-refractivity contribution in [1.82, 2.24) is 0 Å². The number of amides is 2. The number of fused-ring (bicyclic) bond motifs is 2. The predicted octanol–water partition coefficient (Wildman–Crippen LogP) is 8.73. The molecule has 7 aromatic rings. The van der Waals surface area contributed by atoms with Gasteiger partial charge in [-0.25, -0.2) is 14.5 Å². The number of esters is 2. The van der Waals surface area contributed by atoms with E-state index in [1.165, 1.54) is 24.3 Å². The second-order valence-corrected chi connectivity index (χ2v) is 11.5. The molecule has 0 aliphatic carbocycles. The Kier molecular flexibility index (Phi) is 5.67. The molecule has 0 aromatic heterocycles. The van der Waals surface area contributed by atoms with Gasteiger partial charge in [-0.05, 0) is 77.5 Å². The van der Waals surface area contributed by atoms with Crippen LogP contribution in [0.5, 0.6) is 0 Å². The summed E-state index contributed by atoms with van der Waals surface area (Å²) in [5, 5.41) is 4.96. The van der Waals surface area contributed by atoms with Gasteiger partial charge in [-0.1, -0.05) is 66.7 Å². The fraction of sp³-hybridized carbons (Fsp3) is 0. The summed E-state index contributed by atoms with van der Waals surface area (Å²) in [7, 11) is 0. The third-order valence-corrected chi connectivity index (χ3v) is 9.00. The fourth-order valence-corrected chi connectivity index (χ4v) is 6.92. The molecule has 0 unspecified atom stereocenters. The Morgan fingerprint density at radius 2 is 0.936 bits per heavy atom. The number of anilines is 4. The number of hydrogen-bond donors (Lipinski definition) is 0. The predicted molar refractivity (Wildman–Crippen MR) is 181 cm³/mol. The van der Waals surface area contributed by atoms with E-state index in [-0.39, 0.29) is 27.6 Å². The largest absolute Gasteiger partial charge is 0.386 e. The Bertz CT molecular complexity index is 2400. The maximum absolute atomic E-state index is 14.0. The highest BCUT2D eigenvalue weighted by atomic mass is 16.6. The van der Waals surface area contributed by atoms with Crippen LogP contribution in [0.2, 0.25) is 0 Å². The smallest absolute Gasteiger partial charge is 0.346 e. The summed E-state index contributed by atoms with van der Waals surface area (Å²) >= 11 is 0. The highest BCUT2D eigenvalue weighted by molar-refractivity contribution is 6.38. The van der Waals surface area contributed by atoms with Crippen molar-refractivity contribution in [2.75, 3.05) is 9.80 Å². The summed E-state index contributed by atoms with van der Waals surface area (Å²) in [5.74, 6) is -2.67. The van der Waals surface area contributed by atoms with Crippen molar-refractivity contribution in [1.29, 1.82) is 0 Å². The Balaban J connectivity index is 1.19. The highest BCUT2D eigenvalue weighted by Gasteiger charge is 2.38. The maximum atomic E-state index is 14.0. The molecule has 2 heterocycles. The van der Waals surface area contributed by atoms with Crippen LogP contribution < -0.4 is 9.80 Å². The van der Waals surface area contributed by atoms with E-state index in [0.29, 0.717) is 11.1 Å². The van der Waals surface area contributed by atoms with Gasteiger partial charge in [0, 0.05) is 44.0 Å². The summed E-state index contributed by atoms with van der Waals surface area (Å²) in [6, 6.07) is 42.2. The van der Waals surface area contributed by atoms with Gasteiger partial charge in [0.2, 0.25) is 0 Å². The minimum atomic E-state index is -0.800. The summed E-state index contributed by atoms with van der Waals surface area (Å²) in [6.45, 7) is 0. The lowest BCUT2D eigenvalue weighted by Gasteiger charge is -2.30. The number of nitrogens with zero attached hydrogens (tertiary/aromatic N) is 2. The average molecular weight is 611 g/mol. The molecular formula is C40H22N2O5. The number of benzene rings is 7. The van der Waals surface area contributed by atoms with Crippen molar-refractivity contribution in [3.8, 4) is 0 Å².